The van der Waals surface area contributed by atoms with Crippen molar-refractivity contribution in [2.45, 2.75) is 18.6 Å². The number of nitrogens with one attached hydrogen (secondary N) is 2. The average molecular weight is 453 g/mol. The van der Waals surface area contributed by atoms with Gasteiger partial charge in [0.2, 0.25) is 5.91 Å². The van der Waals surface area contributed by atoms with Gasteiger partial charge in [-0.1, -0.05) is 6.07 Å². The van der Waals surface area contributed by atoms with E-state index in [0.29, 0.717) is 5.69 Å². The highest BCUT2D eigenvalue weighted by atomic mass is 19.1. The van der Waals surface area contributed by atoms with Crippen molar-refractivity contribution in [3.05, 3.63) is 59.2 Å². The predicted octanol–water partition coefficient (Wildman–Crippen LogP) is 2.45. The van der Waals surface area contributed by atoms with E-state index >= 15 is 0 Å². The van der Waals surface area contributed by atoms with Gasteiger partial charge in [-0.2, -0.15) is 0 Å². The third-order valence-corrected chi connectivity index (χ3v) is 6.67. The fourth-order valence-electron chi connectivity index (χ4n) is 4.98. The molecule has 1 aliphatic carbocycles. The summed E-state index contributed by atoms with van der Waals surface area (Å²) in [4.78, 5) is 32.6. The minimum Gasteiger partial charge on any atom is -0.442 e. The third kappa shape index (κ3) is 3.40. The van der Waals surface area contributed by atoms with Crippen molar-refractivity contribution in [3.8, 4) is 11.1 Å². The maximum absolute atomic E-state index is 15.0. The van der Waals surface area contributed by atoms with E-state index in [-0.39, 0.29) is 47.6 Å². The van der Waals surface area contributed by atoms with Gasteiger partial charge in [-0.3, -0.25) is 14.7 Å². The number of nitrogens with zero attached hydrogens (tertiary/aromatic N) is 3. The van der Waals surface area contributed by atoms with Gasteiger partial charge in [0.25, 0.3) is 5.54 Å². The van der Waals surface area contributed by atoms with Gasteiger partial charge in [0.15, 0.2) is 0 Å². The minimum atomic E-state index is -0.843. The van der Waals surface area contributed by atoms with E-state index in [1.807, 2.05) is 0 Å². The van der Waals surface area contributed by atoms with Crippen LogP contribution in [0.5, 0.6) is 0 Å². The van der Waals surface area contributed by atoms with E-state index < -0.39 is 29.4 Å². The van der Waals surface area contributed by atoms with Crippen molar-refractivity contribution in [1.29, 1.82) is 0 Å². The van der Waals surface area contributed by atoms with Crippen LogP contribution in [0, 0.1) is 30.0 Å². The number of hydrogen-bond acceptors (Lipinski definition) is 5. The Balaban J connectivity index is 1.37. The number of amides is 2. The molecule has 33 heavy (non-hydrogen) atoms. The Bertz CT molecular complexity index is 1150. The SMILES string of the molecule is [C-]#[N+]C1(c2ccc(-c3c(F)cc(N4C[C@H](CNC(C)=O)OC4=O)cc3F)cn2)[C@@H]2CNC[C@@H]21. The summed E-state index contributed by atoms with van der Waals surface area (Å²) in [6.07, 6.45) is 0.0334. The first-order chi connectivity index (χ1) is 15.8. The van der Waals surface area contributed by atoms with Gasteiger partial charge in [0.05, 0.1) is 36.2 Å². The number of piperidine rings is 1. The van der Waals surface area contributed by atoms with E-state index in [1.165, 1.54) is 13.1 Å². The molecule has 2 saturated heterocycles. The predicted molar refractivity (Wildman–Crippen MR) is 114 cm³/mol. The molecular formula is C23H21F2N5O3. The van der Waals surface area contributed by atoms with Crippen molar-refractivity contribution >= 4 is 17.7 Å². The molecule has 3 heterocycles. The highest BCUT2D eigenvalue weighted by Crippen LogP contribution is 2.62. The molecule has 3 fully saturated rings. The lowest BCUT2D eigenvalue weighted by molar-refractivity contribution is -0.119. The van der Waals surface area contributed by atoms with Crippen molar-refractivity contribution in [1.82, 2.24) is 15.6 Å². The monoisotopic (exact) mass is 453 g/mol. The summed E-state index contributed by atoms with van der Waals surface area (Å²) in [6.45, 7) is 10.7. The number of aromatic nitrogens is 1. The quantitative estimate of drug-likeness (QED) is 0.680. The average Bonchev–Trinajstić information content (AvgIpc) is 3.09. The fraction of sp³-hybridized carbons (Fsp3) is 0.391. The standard InChI is InChI=1S/C23H21F2N5O3/c1-12(31)28-8-15-11-30(22(32)33-15)14-5-18(24)21(19(25)6-14)13-3-4-20(29-7-13)23(26-2)16-9-27-10-17(16)23/h3-7,15-17,27H,8-11H2,1H3,(H,28,31)/t15-,16-,17+,23?/m0/s1. The number of cyclic esters (lactones) is 1. The Hall–Kier alpha value is -3.58. The first kappa shape index (κ1) is 21.3. The molecule has 0 radical (unpaired) electrons. The maximum atomic E-state index is 15.0. The summed E-state index contributed by atoms with van der Waals surface area (Å²) >= 11 is 0. The molecule has 2 aromatic rings. The number of ether oxygens (including phenoxy) is 1. The Kier molecular flexibility index (Phi) is 5.01. The summed E-state index contributed by atoms with van der Waals surface area (Å²) in [7, 11) is 0. The third-order valence-electron chi connectivity index (χ3n) is 6.67. The molecule has 2 amide bonds. The second-order valence-electron chi connectivity index (χ2n) is 8.58. The number of carbonyl (C=O) groups is 2. The first-order valence-corrected chi connectivity index (χ1v) is 10.6. The number of carbonyl (C=O) groups excluding carboxylic acids is 2. The summed E-state index contributed by atoms with van der Waals surface area (Å²) in [5, 5.41) is 5.80. The highest BCUT2D eigenvalue weighted by Gasteiger charge is 2.76. The van der Waals surface area contributed by atoms with Crippen molar-refractivity contribution in [2.75, 3.05) is 31.1 Å². The molecule has 3 aliphatic rings. The van der Waals surface area contributed by atoms with Gasteiger partial charge in [0.1, 0.15) is 23.4 Å². The van der Waals surface area contributed by atoms with Crippen LogP contribution < -0.4 is 15.5 Å². The first-order valence-electron chi connectivity index (χ1n) is 10.6. The largest absolute Gasteiger partial charge is 0.442 e. The second-order valence-corrected chi connectivity index (χ2v) is 8.58. The maximum Gasteiger partial charge on any atom is 0.414 e. The van der Waals surface area contributed by atoms with Crippen LogP contribution in [0.25, 0.3) is 16.0 Å². The van der Waals surface area contributed by atoms with Gasteiger partial charge in [-0.25, -0.2) is 20.1 Å². The van der Waals surface area contributed by atoms with Crippen LogP contribution >= 0.6 is 0 Å². The van der Waals surface area contributed by atoms with Gasteiger partial charge in [0, 0.05) is 31.8 Å². The molecule has 1 unspecified atom stereocenters. The highest BCUT2D eigenvalue weighted by molar-refractivity contribution is 5.90. The summed E-state index contributed by atoms with van der Waals surface area (Å²) < 4.78 is 35.1. The minimum absolute atomic E-state index is 0.0268. The van der Waals surface area contributed by atoms with E-state index in [9.17, 15) is 18.4 Å². The lowest BCUT2D eigenvalue weighted by atomic mass is 10.0. The molecule has 10 heteroatoms. The van der Waals surface area contributed by atoms with Crippen LogP contribution in [-0.4, -0.2) is 49.3 Å². The molecule has 1 aromatic heterocycles. The Labute approximate surface area is 188 Å². The van der Waals surface area contributed by atoms with Gasteiger partial charge in [-0.15, -0.1) is 0 Å². The van der Waals surface area contributed by atoms with Crippen LogP contribution in [0.3, 0.4) is 0 Å². The molecule has 0 bridgehead atoms. The number of anilines is 1. The smallest absolute Gasteiger partial charge is 0.414 e. The summed E-state index contributed by atoms with van der Waals surface area (Å²) in [6, 6.07) is 5.40. The molecule has 2 aliphatic heterocycles. The van der Waals surface area contributed by atoms with Crippen LogP contribution in [-0.2, 0) is 15.1 Å². The zero-order valence-corrected chi connectivity index (χ0v) is 17.8. The number of hydrogen-bond donors (Lipinski definition) is 2. The molecule has 2 N–H and O–H groups in total. The molecule has 1 saturated carbocycles. The zero-order valence-electron chi connectivity index (χ0n) is 17.8. The van der Waals surface area contributed by atoms with E-state index in [2.05, 4.69) is 20.5 Å². The van der Waals surface area contributed by atoms with Crippen molar-refractivity contribution in [2.24, 2.45) is 11.8 Å². The molecule has 170 valence electrons. The van der Waals surface area contributed by atoms with Gasteiger partial charge >= 0.3 is 6.09 Å². The topological polar surface area (TPSA) is 87.9 Å². The molecule has 1 aromatic carbocycles. The van der Waals surface area contributed by atoms with Crippen LogP contribution in [0.1, 0.15) is 12.6 Å². The Morgan fingerprint density at radius 1 is 1.33 bits per heavy atom. The molecule has 5 rings (SSSR count). The van der Waals surface area contributed by atoms with Crippen molar-refractivity contribution in [3.63, 3.8) is 0 Å². The number of rotatable bonds is 5. The van der Waals surface area contributed by atoms with Gasteiger partial charge in [-0.05, 0) is 18.2 Å². The number of pyridine rings is 1. The number of fused-ring (bicyclic) bond motifs is 1. The molecule has 4 atom stereocenters. The Morgan fingerprint density at radius 2 is 2.03 bits per heavy atom. The number of halogens is 2. The fourth-order valence-corrected chi connectivity index (χ4v) is 4.98. The lowest BCUT2D eigenvalue weighted by Gasteiger charge is -2.16. The van der Waals surface area contributed by atoms with Crippen molar-refractivity contribution < 1.29 is 23.1 Å². The summed E-state index contributed by atoms with van der Waals surface area (Å²) in [5.41, 5.74) is -0.0000434. The normalized spacial score (nSPS) is 27.6. The zero-order chi connectivity index (χ0) is 23.3. The van der Waals surface area contributed by atoms with E-state index in [0.717, 1.165) is 30.1 Å². The van der Waals surface area contributed by atoms with Crippen LogP contribution in [0.15, 0.2) is 30.5 Å². The molecule has 0 spiro atoms. The van der Waals surface area contributed by atoms with E-state index in [1.54, 1.807) is 12.1 Å². The van der Waals surface area contributed by atoms with E-state index in [4.69, 9.17) is 11.3 Å². The Morgan fingerprint density at radius 3 is 2.61 bits per heavy atom. The van der Waals surface area contributed by atoms with Crippen LogP contribution in [0.4, 0.5) is 19.3 Å². The molecular weight excluding hydrogens is 432 g/mol. The lowest BCUT2D eigenvalue weighted by Crippen LogP contribution is -2.33. The molecule has 8 nitrogen and oxygen atoms in total. The summed E-state index contributed by atoms with van der Waals surface area (Å²) in [5.74, 6) is -1.52. The number of benzene rings is 1. The van der Waals surface area contributed by atoms with Crippen LogP contribution in [0.2, 0.25) is 0 Å². The van der Waals surface area contributed by atoms with Gasteiger partial charge < -0.3 is 20.2 Å². The second kappa shape index (κ2) is 7.78.